The first-order valence-electron chi connectivity index (χ1n) is 9.04. The molecule has 4 aromatic rings. The number of amides is 1. The van der Waals surface area contributed by atoms with Crippen LogP contribution in [-0.4, -0.2) is 22.5 Å². The molecule has 0 unspecified atom stereocenters. The number of alkyl halides is 3. The van der Waals surface area contributed by atoms with Crippen LogP contribution in [0, 0.1) is 0 Å². The second-order valence-electron chi connectivity index (χ2n) is 6.39. The van der Waals surface area contributed by atoms with Crippen LogP contribution in [0.25, 0.3) is 10.9 Å². The van der Waals surface area contributed by atoms with Gasteiger partial charge >= 0.3 is 6.18 Å². The predicted molar refractivity (Wildman–Crippen MR) is 113 cm³/mol. The van der Waals surface area contributed by atoms with Crippen molar-refractivity contribution in [2.24, 2.45) is 0 Å². The maximum absolute atomic E-state index is 13.2. The van der Waals surface area contributed by atoms with Crippen molar-refractivity contribution in [3.05, 3.63) is 71.9 Å². The monoisotopic (exact) mass is 444 g/mol. The van der Waals surface area contributed by atoms with E-state index in [0.717, 1.165) is 16.9 Å². The maximum atomic E-state index is 13.2. The lowest BCUT2D eigenvalue weighted by Gasteiger charge is -2.13. The molecule has 0 saturated heterocycles. The van der Waals surface area contributed by atoms with Gasteiger partial charge in [-0.3, -0.25) is 9.78 Å². The van der Waals surface area contributed by atoms with Crippen LogP contribution in [0.5, 0.6) is 5.75 Å². The van der Waals surface area contributed by atoms with E-state index in [2.05, 4.69) is 20.6 Å². The van der Waals surface area contributed by atoms with Crippen LogP contribution in [0.15, 0.2) is 66.3 Å². The van der Waals surface area contributed by atoms with Crippen LogP contribution < -0.4 is 15.4 Å². The third-order valence-corrected chi connectivity index (χ3v) is 4.94. The number of carbonyl (C=O) groups is 1. The molecule has 0 spiro atoms. The Morgan fingerprint density at radius 1 is 1.00 bits per heavy atom. The summed E-state index contributed by atoms with van der Waals surface area (Å²) in [6.45, 7) is -0.367. The molecule has 0 aliphatic carbocycles. The quantitative estimate of drug-likeness (QED) is 0.412. The Kier molecular flexibility index (Phi) is 5.72. The van der Waals surface area contributed by atoms with Gasteiger partial charge in [0.25, 0.3) is 5.91 Å². The number of pyridine rings is 1. The van der Waals surface area contributed by atoms with E-state index in [-0.39, 0.29) is 23.3 Å². The summed E-state index contributed by atoms with van der Waals surface area (Å²) in [7, 11) is 0. The normalized spacial score (nSPS) is 11.3. The zero-order valence-corrected chi connectivity index (χ0v) is 16.6. The van der Waals surface area contributed by atoms with Crippen LogP contribution in [0.4, 0.5) is 29.7 Å². The van der Waals surface area contributed by atoms with E-state index in [1.54, 1.807) is 30.5 Å². The molecular weight excluding hydrogens is 429 g/mol. The number of hydrogen-bond acceptors (Lipinski definition) is 6. The highest BCUT2D eigenvalue weighted by Gasteiger charge is 2.33. The molecule has 0 atom stereocenters. The number of nitrogens with zero attached hydrogens (tertiary/aromatic N) is 2. The zero-order chi connectivity index (χ0) is 21.8. The standard InChI is InChI=1S/C21H15F3N4O2S/c22-21(23,24)16-3-1-2-15-17(8-9-25-19(15)16)30-12-18(29)27-13-4-6-14(7-5-13)28-20-26-10-11-31-20/h1-11H,12H2,(H,26,28)(H,27,29). The van der Waals surface area contributed by atoms with E-state index in [0.29, 0.717) is 5.69 Å². The Bertz CT molecular complexity index is 1200. The van der Waals surface area contributed by atoms with Crippen molar-refractivity contribution in [3.63, 3.8) is 0 Å². The van der Waals surface area contributed by atoms with Gasteiger partial charge in [0.1, 0.15) is 5.75 Å². The van der Waals surface area contributed by atoms with Gasteiger partial charge in [-0.15, -0.1) is 11.3 Å². The Morgan fingerprint density at radius 2 is 1.77 bits per heavy atom. The summed E-state index contributed by atoms with van der Waals surface area (Å²) in [6, 6.07) is 12.1. The molecule has 0 bridgehead atoms. The molecule has 2 N–H and O–H groups in total. The van der Waals surface area contributed by atoms with Crippen LogP contribution in [0.1, 0.15) is 5.56 Å². The van der Waals surface area contributed by atoms with Gasteiger partial charge in [0, 0.05) is 34.5 Å². The Labute approximate surface area is 178 Å². The van der Waals surface area contributed by atoms with E-state index in [9.17, 15) is 18.0 Å². The number of halogens is 3. The number of rotatable bonds is 6. The number of para-hydroxylation sites is 1. The molecule has 6 nitrogen and oxygen atoms in total. The third kappa shape index (κ3) is 4.92. The molecule has 10 heteroatoms. The molecule has 2 aromatic heterocycles. The molecule has 2 aromatic carbocycles. The second-order valence-corrected chi connectivity index (χ2v) is 7.28. The van der Waals surface area contributed by atoms with Gasteiger partial charge in [0.15, 0.2) is 11.7 Å². The SMILES string of the molecule is O=C(COc1ccnc2c(C(F)(F)F)cccc12)Nc1ccc(Nc2nccs2)cc1. The molecule has 0 aliphatic rings. The van der Waals surface area contributed by atoms with E-state index >= 15 is 0 Å². The van der Waals surface area contributed by atoms with Crippen LogP contribution in [-0.2, 0) is 11.0 Å². The van der Waals surface area contributed by atoms with Crippen molar-refractivity contribution in [2.75, 3.05) is 17.2 Å². The highest BCUT2D eigenvalue weighted by atomic mass is 32.1. The van der Waals surface area contributed by atoms with Gasteiger partial charge in [-0.2, -0.15) is 13.2 Å². The Hall–Kier alpha value is -3.66. The predicted octanol–water partition coefficient (Wildman–Crippen LogP) is 5.47. The minimum Gasteiger partial charge on any atom is -0.483 e. The lowest BCUT2D eigenvalue weighted by Crippen LogP contribution is -2.20. The number of anilines is 3. The lowest BCUT2D eigenvalue weighted by molar-refractivity contribution is -0.136. The molecule has 0 aliphatic heterocycles. The summed E-state index contributed by atoms with van der Waals surface area (Å²) in [6.07, 6.45) is -1.63. The van der Waals surface area contributed by atoms with Gasteiger partial charge in [-0.05, 0) is 42.5 Å². The third-order valence-electron chi connectivity index (χ3n) is 4.25. The summed E-state index contributed by atoms with van der Waals surface area (Å²) in [5.74, 6) is -0.299. The zero-order valence-electron chi connectivity index (χ0n) is 15.8. The molecule has 0 fully saturated rings. The molecule has 1 amide bonds. The number of hydrogen-bond donors (Lipinski definition) is 2. The van der Waals surface area contributed by atoms with Gasteiger partial charge in [0.05, 0.1) is 11.1 Å². The van der Waals surface area contributed by atoms with Crippen molar-refractivity contribution < 1.29 is 22.7 Å². The number of nitrogens with one attached hydrogen (secondary N) is 2. The summed E-state index contributed by atoms with van der Waals surface area (Å²) in [5, 5.41) is 8.60. The average molecular weight is 444 g/mol. The Morgan fingerprint density at radius 3 is 2.48 bits per heavy atom. The first-order valence-corrected chi connectivity index (χ1v) is 9.92. The summed E-state index contributed by atoms with van der Waals surface area (Å²) < 4.78 is 45.0. The topological polar surface area (TPSA) is 76.1 Å². The van der Waals surface area contributed by atoms with E-state index in [1.165, 1.54) is 35.7 Å². The fraction of sp³-hybridized carbons (Fsp3) is 0.0952. The minimum absolute atomic E-state index is 0.147. The minimum atomic E-state index is -4.54. The largest absolute Gasteiger partial charge is 0.483 e. The van der Waals surface area contributed by atoms with Gasteiger partial charge < -0.3 is 15.4 Å². The van der Waals surface area contributed by atoms with E-state index < -0.39 is 17.6 Å². The first kappa shape index (κ1) is 20.6. The fourth-order valence-electron chi connectivity index (χ4n) is 2.89. The lowest BCUT2D eigenvalue weighted by atomic mass is 10.1. The summed E-state index contributed by atoms with van der Waals surface area (Å²) in [5.41, 5.74) is 0.285. The molecule has 31 heavy (non-hydrogen) atoms. The molecule has 0 radical (unpaired) electrons. The van der Waals surface area contributed by atoms with E-state index in [4.69, 9.17) is 4.74 Å². The van der Waals surface area contributed by atoms with Gasteiger partial charge in [0.2, 0.25) is 0 Å². The fourth-order valence-corrected chi connectivity index (χ4v) is 3.44. The number of aromatic nitrogens is 2. The average Bonchev–Trinajstić information content (AvgIpc) is 3.25. The van der Waals surface area contributed by atoms with Crippen LogP contribution >= 0.6 is 11.3 Å². The first-order chi connectivity index (χ1) is 14.9. The number of thiazole rings is 1. The maximum Gasteiger partial charge on any atom is 0.418 e. The molecule has 0 saturated carbocycles. The van der Waals surface area contributed by atoms with Crippen LogP contribution in [0.3, 0.4) is 0 Å². The van der Waals surface area contributed by atoms with Gasteiger partial charge in [-0.1, -0.05) is 6.07 Å². The van der Waals surface area contributed by atoms with Crippen molar-refractivity contribution >= 4 is 44.7 Å². The number of ether oxygens (including phenoxy) is 1. The second kappa shape index (κ2) is 8.60. The van der Waals surface area contributed by atoms with Crippen molar-refractivity contribution in [1.82, 2.24) is 9.97 Å². The van der Waals surface area contributed by atoms with Crippen LogP contribution in [0.2, 0.25) is 0 Å². The van der Waals surface area contributed by atoms with Gasteiger partial charge in [-0.25, -0.2) is 4.98 Å². The smallest absolute Gasteiger partial charge is 0.418 e. The number of fused-ring (bicyclic) bond motifs is 1. The number of carbonyl (C=O) groups excluding carboxylic acids is 1. The molecule has 158 valence electrons. The van der Waals surface area contributed by atoms with Crippen molar-refractivity contribution in [1.29, 1.82) is 0 Å². The molecular formula is C21H15F3N4O2S. The Balaban J connectivity index is 1.40. The summed E-state index contributed by atoms with van der Waals surface area (Å²) in [4.78, 5) is 20.2. The number of benzene rings is 2. The highest BCUT2D eigenvalue weighted by Crippen LogP contribution is 2.36. The summed E-state index contributed by atoms with van der Waals surface area (Å²) >= 11 is 1.46. The van der Waals surface area contributed by atoms with E-state index in [1.807, 2.05) is 5.38 Å². The molecule has 4 rings (SSSR count). The van der Waals surface area contributed by atoms with Crippen molar-refractivity contribution in [3.8, 4) is 5.75 Å². The van der Waals surface area contributed by atoms with Crippen molar-refractivity contribution in [2.45, 2.75) is 6.18 Å². The highest BCUT2D eigenvalue weighted by molar-refractivity contribution is 7.13. The molecule has 2 heterocycles.